The van der Waals surface area contributed by atoms with Gasteiger partial charge >= 0.3 is 6.03 Å². The van der Waals surface area contributed by atoms with E-state index in [1.165, 1.54) is 0 Å². The van der Waals surface area contributed by atoms with Crippen LogP contribution in [0.3, 0.4) is 0 Å². The lowest BCUT2D eigenvalue weighted by atomic mass is 9.92. The van der Waals surface area contributed by atoms with Gasteiger partial charge in [0, 0.05) is 32.1 Å². The predicted octanol–water partition coefficient (Wildman–Crippen LogP) is 1.75. The fraction of sp³-hybridized carbons (Fsp3) is 0.350. The van der Waals surface area contributed by atoms with Crippen molar-refractivity contribution in [1.29, 1.82) is 0 Å². The van der Waals surface area contributed by atoms with Crippen LogP contribution in [0.4, 0.5) is 4.79 Å². The zero-order chi connectivity index (χ0) is 21.1. The highest BCUT2D eigenvalue weighted by atomic mass is 16.5. The van der Waals surface area contributed by atoms with Crippen molar-refractivity contribution in [3.63, 3.8) is 0 Å². The van der Waals surface area contributed by atoms with E-state index in [-0.39, 0.29) is 18.5 Å². The number of benzene rings is 1. The number of aryl methyl sites for hydroxylation is 1. The molecule has 0 saturated carbocycles. The summed E-state index contributed by atoms with van der Waals surface area (Å²) in [5, 5.41) is 11.2. The molecule has 0 bridgehead atoms. The van der Waals surface area contributed by atoms with Crippen LogP contribution in [0.15, 0.2) is 41.1 Å². The zero-order valence-corrected chi connectivity index (χ0v) is 16.6. The Balaban J connectivity index is 1.49. The molecule has 10 nitrogen and oxygen atoms in total. The second-order valence-electron chi connectivity index (χ2n) is 7.25. The highest BCUT2D eigenvalue weighted by Gasteiger charge is 2.30. The summed E-state index contributed by atoms with van der Waals surface area (Å²) in [6.07, 6.45) is 3.28. The van der Waals surface area contributed by atoms with Crippen molar-refractivity contribution in [3.05, 3.63) is 59.5 Å². The van der Waals surface area contributed by atoms with E-state index in [1.807, 2.05) is 30.3 Å². The van der Waals surface area contributed by atoms with Crippen LogP contribution in [-0.2, 0) is 6.54 Å². The van der Waals surface area contributed by atoms with Gasteiger partial charge in [-0.1, -0.05) is 23.4 Å². The van der Waals surface area contributed by atoms with E-state index in [0.717, 1.165) is 18.5 Å². The average molecular weight is 409 g/mol. The van der Waals surface area contributed by atoms with Crippen LogP contribution in [-0.4, -0.2) is 49.8 Å². The second kappa shape index (κ2) is 8.36. The Morgan fingerprint density at radius 3 is 2.80 bits per heavy atom. The first-order chi connectivity index (χ1) is 14.5. The summed E-state index contributed by atoms with van der Waals surface area (Å²) in [6.45, 7) is 2.95. The van der Waals surface area contributed by atoms with Crippen LogP contribution in [0.2, 0.25) is 0 Å². The van der Waals surface area contributed by atoms with Gasteiger partial charge in [-0.05, 0) is 25.0 Å². The molecule has 0 aliphatic carbocycles. The van der Waals surface area contributed by atoms with E-state index in [9.17, 15) is 9.59 Å². The van der Waals surface area contributed by atoms with E-state index < -0.39 is 5.91 Å². The van der Waals surface area contributed by atoms with Gasteiger partial charge in [-0.15, -0.1) is 0 Å². The maximum absolute atomic E-state index is 12.6. The third-order valence-electron chi connectivity index (χ3n) is 5.09. The monoisotopic (exact) mass is 409 g/mol. The van der Waals surface area contributed by atoms with Gasteiger partial charge in [0.2, 0.25) is 5.89 Å². The number of hydrogen-bond donors (Lipinski definition) is 2. The minimum absolute atomic E-state index is 0.0793. The number of hydrogen-bond acceptors (Lipinski definition) is 6. The lowest BCUT2D eigenvalue weighted by molar-refractivity contribution is 0.0998. The number of likely N-dealkylation sites (tertiary alicyclic amines) is 1. The van der Waals surface area contributed by atoms with Crippen LogP contribution >= 0.6 is 0 Å². The van der Waals surface area contributed by atoms with Crippen LogP contribution in [0.5, 0.6) is 0 Å². The molecule has 3 heterocycles. The van der Waals surface area contributed by atoms with Crippen molar-refractivity contribution in [3.8, 4) is 5.69 Å². The molecule has 156 valence electrons. The number of nitrogens with zero attached hydrogens (tertiary/aromatic N) is 5. The zero-order valence-electron chi connectivity index (χ0n) is 16.6. The Kier molecular flexibility index (Phi) is 5.46. The third kappa shape index (κ3) is 4.17. The Morgan fingerprint density at radius 1 is 1.30 bits per heavy atom. The lowest BCUT2D eigenvalue weighted by Crippen LogP contribution is -2.45. The number of para-hydroxylation sites is 1. The fourth-order valence-corrected chi connectivity index (χ4v) is 3.66. The van der Waals surface area contributed by atoms with Gasteiger partial charge in [0.1, 0.15) is 0 Å². The summed E-state index contributed by atoms with van der Waals surface area (Å²) in [6, 6.07) is 9.31. The number of nitrogens with one attached hydrogen (secondary N) is 1. The number of piperidine rings is 1. The van der Waals surface area contributed by atoms with E-state index in [0.29, 0.717) is 36.1 Å². The first-order valence-corrected chi connectivity index (χ1v) is 9.78. The fourth-order valence-electron chi connectivity index (χ4n) is 3.66. The van der Waals surface area contributed by atoms with Gasteiger partial charge in [0.15, 0.2) is 5.82 Å². The second-order valence-corrected chi connectivity index (χ2v) is 7.25. The first-order valence-electron chi connectivity index (χ1n) is 9.78. The van der Waals surface area contributed by atoms with Crippen LogP contribution in [0, 0.1) is 6.92 Å². The van der Waals surface area contributed by atoms with Crippen molar-refractivity contribution >= 4 is 11.9 Å². The molecule has 10 heteroatoms. The average Bonchev–Trinajstić information content (AvgIpc) is 3.39. The molecule has 30 heavy (non-hydrogen) atoms. The number of amides is 3. The Morgan fingerprint density at radius 2 is 2.10 bits per heavy atom. The normalized spacial score (nSPS) is 16.4. The Hall–Kier alpha value is -3.69. The van der Waals surface area contributed by atoms with Crippen LogP contribution < -0.4 is 11.1 Å². The molecule has 3 N–H and O–H groups in total. The summed E-state index contributed by atoms with van der Waals surface area (Å²) >= 11 is 0. The van der Waals surface area contributed by atoms with Crippen molar-refractivity contribution in [2.75, 3.05) is 13.1 Å². The lowest BCUT2D eigenvalue weighted by Gasteiger charge is -2.32. The van der Waals surface area contributed by atoms with Crippen molar-refractivity contribution < 1.29 is 14.1 Å². The van der Waals surface area contributed by atoms with E-state index in [1.54, 1.807) is 22.7 Å². The summed E-state index contributed by atoms with van der Waals surface area (Å²) in [5.74, 6) is 0.267. The molecule has 1 aromatic carbocycles. The Bertz CT molecular complexity index is 1040. The molecule has 1 fully saturated rings. The van der Waals surface area contributed by atoms with E-state index in [2.05, 4.69) is 20.6 Å². The van der Waals surface area contributed by atoms with Gasteiger partial charge < -0.3 is 20.5 Å². The van der Waals surface area contributed by atoms with Gasteiger partial charge in [-0.3, -0.25) is 4.79 Å². The Labute approximate surface area is 173 Å². The molecule has 1 aliphatic rings. The summed E-state index contributed by atoms with van der Waals surface area (Å²) in [7, 11) is 0. The molecule has 1 aliphatic heterocycles. The summed E-state index contributed by atoms with van der Waals surface area (Å²) in [5.41, 5.74) is 7.46. The largest absolute Gasteiger partial charge is 0.365 e. The van der Waals surface area contributed by atoms with E-state index >= 15 is 0 Å². The topological polar surface area (TPSA) is 132 Å². The van der Waals surface area contributed by atoms with Gasteiger partial charge in [0.25, 0.3) is 5.91 Å². The molecule has 3 amide bonds. The van der Waals surface area contributed by atoms with Crippen LogP contribution in [0.1, 0.15) is 46.5 Å². The number of aromatic nitrogens is 4. The third-order valence-corrected chi connectivity index (χ3v) is 5.09. The SMILES string of the molecule is Cc1nc(CNC(=O)N2CCC[C@H](c3nn(-c4ccccc4)cc3C(N)=O)C2)no1. The summed E-state index contributed by atoms with van der Waals surface area (Å²) < 4.78 is 6.57. The van der Waals surface area contributed by atoms with Crippen LogP contribution in [0.25, 0.3) is 5.69 Å². The van der Waals surface area contributed by atoms with E-state index in [4.69, 9.17) is 10.3 Å². The minimum Gasteiger partial charge on any atom is -0.365 e. The molecule has 4 rings (SSSR count). The molecular formula is C20H23N7O3. The van der Waals surface area contributed by atoms with Crippen molar-refractivity contribution in [1.82, 2.24) is 30.1 Å². The maximum Gasteiger partial charge on any atom is 0.317 e. The molecule has 0 radical (unpaired) electrons. The van der Waals surface area contributed by atoms with Gasteiger partial charge in [-0.2, -0.15) is 10.1 Å². The number of rotatable bonds is 5. The quantitative estimate of drug-likeness (QED) is 0.660. The molecule has 0 unspecified atom stereocenters. The smallest absolute Gasteiger partial charge is 0.317 e. The molecule has 0 spiro atoms. The number of carbonyl (C=O) groups is 2. The predicted molar refractivity (Wildman–Crippen MR) is 107 cm³/mol. The standard InChI is InChI=1S/C20H23N7O3/c1-13-23-17(25-30-13)10-22-20(29)26-9-5-6-14(11-26)18-16(19(21)28)12-27(24-18)15-7-3-2-4-8-15/h2-4,7-8,12,14H,5-6,9-11H2,1H3,(H2,21,28)(H,22,29)/t14-/m0/s1. The number of nitrogens with two attached hydrogens (primary N) is 1. The number of primary amides is 1. The molecule has 1 saturated heterocycles. The minimum atomic E-state index is -0.527. The maximum atomic E-state index is 12.6. The molecule has 3 aromatic rings. The molecule has 1 atom stereocenters. The first kappa shape index (κ1) is 19.6. The highest BCUT2D eigenvalue weighted by Crippen LogP contribution is 2.29. The van der Waals surface area contributed by atoms with Crippen molar-refractivity contribution in [2.45, 2.75) is 32.2 Å². The highest BCUT2D eigenvalue weighted by molar-refractivity contribution is 5.94. The van der Waals surface area contributed by atoms with Crippen molar-refractivity contribution in [2.24, 2.45) is 5.73 Å². The number of carbonyl (C=O) groups excluding carboxylic acids is 2. The number of urea groups is 1. The van der Waals surface area contributed by atoms with Gasteiger partial charge in [-0.25, -0.2) is 9.48 Å². The molecule has 2 aromatic heterocycles. The molecular weight excluding hydrogens is 386 g/mol. The van der Waals surface area contributed by atoms with Gasteiger partial charge in [0.05, 0.1) is 23.5 Å². The summed E-state index contributed by atoms with van der Waals surface area (Å²) in [4.78, 5) is 30.4.